The van der Waals surface area contributed by atoms with E-state index in [9.17, 15) is 4.79 Å². The lowest BCUT2D eigenvalue weighted by Gasteiger charge is -2.32. The average molecular weight is 357 g/mol. The fourth-order valence-electron chi connectivity index (χ4n) is 3.30. The van der Waals surface area contributed by atoms with E-state index in [-0.39, 0.29) is 5.91 Å². The van der Waals surface area contributed by atoms with Crippen LogP contribution in [0.25, 0.3) is 5.65 Å². The van der Waals surface area contributed by atoms with Crippen molar-refractivity contribution in [1.29, 1.82) is 0 Å². The van der Waals surface area contributed by atoms with Crippen molar-refractivity contribution in [3.63, 3.8) is 0 Å². The molecule has 0 bridgehead atoms. The maximum Gasteiger partial charge on any atom is 0.231 e. The molecule has 1 amide bonds. The van der Waals surface area contributed by atoms with Crippen LogP contribution < -0.4 is 16.4 Å². The second-order valence-corrected chi connectivity index (χ2v) is 6.71. The van der Waals surface area contributed by atoms with Gasteiger partial charge in [-0.05, 0) is 31.9 Å². The van der Waals surface area contributed by atoms with Crippen LogP contribution >= 0.6 is 0 Å². The summed E-state index contributed by atoms with van der Waals surface area (Å²) in [5.41, 5.74) is 8.34. The van der Waals surface area contributed by atoms with Gasteiger partial charge in [-0.25, -0.2) is 4.98 Å². The number of aliphatic imine (C=N–C) groups is 1. The summed E-state index contributed by atoms with van der Waals surface area (Å²) >= 11 is 0. The second-order valence-electron chi connectivity index (χ2n) is 6.71. The van der Waals surface area contributed by atoms with Gasteiger partial charge in [0.2, 0.25) is 5.91 Å². The zero-order chi connectivity index (χ0) is 18.5. The molecule has 3 heterocycles. The van der Waals surface area contributed by atoms with Gasteiger partial charge in [-0.1, -0.05) is 6.07 Å². The van der Waals surface area contributed by atoms with Gasteiger partial charge < -0.3 is 20.8 Å². The molecule has 0 radical (unpaired) electrons. The Bertz CT molecular complexity index is 790. The molecule has 0 aromatic carbocycles. The summed E-state index contributed by atoms with van der Waals surface area (Å²) in [5, 5.41) is 6.79. The number of imidazole rings is 1. The molecule has 0 aliphatic carbocycles. The van der Waals surface area contributed by atoms with Gasteiger partial charge in [0.15, 0.2) is 5.96 Å². The normalized spacial score (nSPS) is 16.8. The number of likely N-dealkylation sites (tertiary alicyclic amines) is 1. The molecule has 140 valence electrons. The molecule has 0 unspecified atom stereocenters. The largest absolute Gasteiger partial charge is 0.369 e. The fourth-order valence-corrected chi connectivity index (χ4v) is 3.30. The number of nitrogens with two attached hydrogens (primary N) is 1. The van der Waals surface area contributed by atoms with Crippen molar-refractivity contribution in [2.24, 2.45) is 10.7 Å². The number of aryl methyl sites for hydroxylation is 1. The zero-order valence-electron chi connectivity index (χ0n) is 15.4. The van der Waals surface area contributed by atoms with Crippen molar-refractivity contribution < 1.29 is 4.79 Å². The number of piperidine rings is 1. The van der Waals surface area contributed by atoms with Gasteiger partial charge in [-0.2, -0.15) is 0 Å². The van der Waals surface area contributed by atoms with Gasteiger partial charge in [-0.3, -0.25) is 14.7 Å². The zero-order valence-corrected chi connectivity index (χ0v) is 15.4. The lowest BCUT2D eigenvalue weighted by atomic mass is 10.1. The molecular weight excluding hydrogens is 330 g/mol. The maximum absolute atomic E-state index is 11.0. The van der Waals surface area contributed by atoms with E-state index in [2.05, 4.69) is 42.9 Å². The summed E-state index contributed by atoms with van der Waals surface area (Å²) in [4.78, 5) is 22.0. The molecule has 4 N–H and O–H groups in total. The Morgan fingerprint density at radius 2 is 2.15 bits per heavy atom. The number of aromatic nitrogens is 2. The van der Waals surface area contributed by atoms with Crippen molar-refractivity contribution in [1.82, 2.24) is 24.9 Å². The first-order valence-electron chi connectivity index (χ1n) is 8.96. The molecule has 1 aliphatic rings. The van der Waals surface area contributed by atoms with Gasteiger partial charge >= 0.3 is 0 Å². The van der Waals surface area contributed by atoms with E-state index >= 15 is 0 Å². The molecule has 0 atom stereocenters. The Hall–Kier alpha value is -2.61. The molecule has 3 rings (SSSR count). The first-order chi connectivity index (χ1) is 12.5. The Morgan fingerprint density at radius 3 is 2.81 bits per heavy atom. The number of guanidine groups is 1. The smallest absolute Gasteiger partial charge is 0.231 e. The van der Waals surface area contributed by atoms with Crippen LogP contribution in [0.2, 0.25) is 0 Å². The van der Waals surface area contributed by atoms with E-state index in [1.807, 2.05) is 18.3 Å². The molecule has 0 spiro atoms. The van der Waals surface area contributed by atoms with Crippen molar-refractivity contribution in [3.05, 3.63) is 35.8 Å². The summed E-state index contributed by atoms with van der Waals surface area (Å²) in [6.45, 7) is 4.75. The first-order valence-corrected chi connectivity index (χ1v) is 8.96. The van der Waals surface area contributed by atoms with E-state index in [1.165, 1.54) is 0 Å². The number of hydrogen-bond acceptors (Lipinski definition) is 4. The van der Waals surface area contributed by atoms with Crippen LogP contribution in [0.3, 0.4) is 0 Å². The van der Waals surface area contributed by atoms with Crippen LogP contribution in [-0.2, 0) is 11.3 Å². The number of carbonyl (C=O) groups excluding carboxylic acids is 1. The Labute approximate surface area is 153 Å². The highest BCUT2D eigenvalue weighted by molar-refractivity contribution is 5.80. The van der Waals surface area contributed by atoms with E-state index in [0.717, 1.165) is 48.9 Å². The summed E-state index contributed by atoms with van der Waals surface area (Å²) < 4.78 is 2.08. The minimum Gasteiger partial charge on any atom is -0.369 e. The van der Waals surface area contributed by atoms with Gasteiger partial charge in [-0.15, -0.1) is 0 Å². The Kier molecular flexibility index (Phi) is 5.72. The van der Waals surface area contributed by atoms with Crippen LogP contribution in [-0.4, -0.2) is 58.9 Å². The van der Waals surface area contributed by atoms with Crippen molar-refractivity contribution in [2.45, 2.75) is 32.4 Å². The molecule has 2 aromatic rings. The molecule has 8 heteroatoms. The third kappa shape index (κ3) is 4.51. The summed E-state index contributed by atoms with van der Waals surface area (Å²) in [5.74, 6) is 0.503. The van der Waals surface area contributed by atoms with Gasteiger partial charge in [0, 0.05) is 38.1 Å². The molecule has 1 saturated heterocycles. The van der Waals surface area contributed by atoms with Crippen molar-refractivity contribution in [2.75, 3.05) is 26.7 Å². The van der Waals surface area contributed by atoms with Crippen molar-refractivity contribution >= 4 is 17.5 Å². The van der Waals surface area contributed by atoms with E-state index in [0.29, 0.717) is 19.1 Å². The number of rotatable bonds is 5. The summed E-state index contributed by atoms with van der Waals surface area (Å²) in [6.07, 6.45) is 3.97. The quantitative estimate of drug-likeness (QED) is 0.526. The van der Waals surface area contributed by atoms with Gasteiger partial charge in [0.1, 0.15) is 5.65 Å². The predicted octanol–water partition coefficient (Wildman–Crippen LogP) is 0.257. The van der Waals surface area contributed by atoms with Crippen molar-refractivity contribution in [3.8, 4) is 0 Å². The van der Waals surface area contributed by atoms with Crippen LogP contribution in [0.15, 0.2) is 29.4 Å². The topological polar surface area (TPSA) is 100 Å². The molecule has 1 aliphatic heterocycles. The standard InChI is InChI=1S/C18H27N7O/c1-13-4-3-5-17-22-15(11-25(13)17)10-21-18(20-2)23-14-6-8-24(9-7-14)12-16(19)26/h3-5,11,14H,6-10,12H2,1-2H3,(H2,19,26)(H2,20,21,23). The van der Waals surface area contributed by atoms with E-state index in [1.54, 1.807) is 7.05 Å². The fraction of sp³-hybridized carbons (Fsp3) is 0.500. The number of pyridine rings is 1. The summed E-state index contributed by atoms with van der Waals surface area (Å²) in [7, 11) is 1.77. The minimum absolute atomic E-state index is 0.267. The number of fused-ring (bicyclic) bond motifs is 1. The van der Waals surface area contributed by atoms with Gasteiger partial charge in [0.05, 0.1) is 18.8 Å². The Balaban J connectivity index is 1.50. The van der Waals surface area contributed by atoms with Crippen LogP contribution in [0.4, 0.5) is 0 Å². The second kappa shape index (κ2) is 8.18. The minimum atomic E-state index is -0.267. The molecule has 2 aromatic heterocycles. The highest BCUT2D eigenvalue weighted by atomic mass is 16.1. The summed E-state index contributed by atoms with van der Waals surface area (Å²) in [6, 6.07) is 6.43. The van der Waals surface area contributed by atoms with Crippen LogP contribution in [0.5, 0.6) is 0 Å². The molecule has 1 fully saturated rings. The monoisotopic (exact) mass is 357 g/mol. The lowest BCUT2D eigenvalue weighted by molar-refractivity contribution is -0.119. The van der Waals surface area contributed by atoms with Gasteiger partial charge in [0.25, 0.3) is 0 Å². The molecule has 26 heavy (non-hydrogen) atoms. The number of primary amides is 1. The molecule has 8 nitrogen and oxygen atoms in total. The highest BCUT2D eigenvalue weighted by Crippen LogP contribution is 2.10. The third-order valence-electron chi connectivity index (χ3n) is 4.71. The molecule has 0 saturated carbocycles. The number of hydrogen-bond donors (Lipinski definition) is 3. The lowest BCUT2D eigenvalue weighted by Crippen LogP contribution is -2.49. The van der Waals surface area contributed by atoms with E-state index < -0.39 is 0 Å². The third-order valence-corrected chi connectivity index (χ3v) is 4.71. The Morgan fingerprint density at radius 1 is 1.38 bits per heavy atom. The molecular formula is C18H27N7O. The SMILES string of the molecule is CN=C(NCc1cn2c(C)cccc2n1)NC1CCN(CC(N)=O)CC1. The number of amides is 1. The number of nitrogens with one attached hydrogen (secondary N) is 2. The average Bonchev–Trinajstić information content (AvgIpc) is 3.04. The van der Waals surface area contributed by atoms with Crippen LogP contribution in [0, 0.1) is 6.92 Å². The first kappa shape index (κ1) is 18.2. The highest BCUT2D eigenvalue weighted by Gasteiger charge is 2.20. The van der Waals surface area contributed by atoms with Crippen LogP contribution in [0.1, 0.15) is 24.2 Å². The number of carbonyl (C=O) groups is 1. The van der Waals surface area contributed by atoms with E-state index in [4.69, 9.17) is 5.73 Å². The predicted molar refractivity (Wildman–Crippen MR) is 102 cm³/mol. The number of nitrogens with zero attached hydrogens (tertiary/aromatic N) is 4. The maximum atomic E-state index is 11.0.